The SMILES string of the molecule is COC(=O)c1ccc(Sc2cccc(Cl)c2)cc1. The second-order valence-electron chi connectivity index (χ2n) is 3.58. The highest BCUT2D eigenvalue weighted by molar-refractivity contribution is 7.99. The van der Waals surface area contributed by atoms with E-state index in [1.807, 2.05) is 36.4 Å². The molecule has 0 atom stereocenters. The molecule has 0 unspecified atom stereocenters. The van der Waals surface area contributed by atoms with Crippen molar-refractivity contribution in [1.29, 1.82) is 0 Å². The summed E-state index contributed by atoms with van der Waals surface area (Å²) in [6, 6.07) is 14.9. The molecule has 0 saturated carbocycles. The van der Waals surface area contributed by atoms with Gasteiger partial charge in [-0.2, -0.15) is 0 Å². The smallest absolute Gasteiger partial charge is 0.337 e. The fraction of sp³-hybridized carbons (Fsp3) is 0.0714. The first kappa shape index (κ1) is 13.0. The second-order valence-corrected chi connectivity index (χ2v) is 5.16. The van der Waals surface area contributed by atoms with Crippen molar-refractivity contribution in [3.05, 3.63) is 59.1 Å². The molecule has 0 saturated heterocycles. The van der Waals surface area contributed by atoms with Crippen molar-refractivity contribution in [2.75, 3.05) is 7.11 Å². The van der Waals surface area contributed by atoms with Gasteiger partial charge < -0.3 is 4.74 Å². The van der Waals surface area contributed by atoms with Crippen LogP contribution in [0.25, 0.3) is 0 Å². The minimum atomic E-state index is -0.325. The lowest BCUT2D eigenvalue weighted by Gasteiger charge is -2.03. The Labute approximate surface area is 115 Å². The summed E-state index contributed by atoms with van der Waals surface area (Å²) >= 11 is 7.52. The highest BCUT2D eigenvalue weighted by Gasteiger charge is 2.05. The lowest BCUT2D eigenvalue weighted by Crippen LogP contribution is -2.00. The van der Waals surface area contributed by atoms with Crippen LogP contribution in [0.4, 0.5) is 0 Å². The maximum absolute atomic E-state index is 11.3. The number of hydrogen-bond donors (Lipinski definition) is 0. The fourth-order valence-corrected chi connectivity index (χ4v) is 2.58. The Balaban J connectivity index is 2.13. The van der Waals surface area contributed by atoms with Crippen LogP contribution in [0.1, 0.15) is 10.4 Å². The molecule has 0 fully saturated rings. The van der Waals surface area contributed by atoms with Crippen LogP contribution in [0.5, 0.6) is 0 Å². The lowest BCUT2D eigenvalue weighted by molar-refractivity contribution is 0.0600. The van der Waals surface area contributed by atoms with E-state index in [9.17, 15) is 4.79 Å². The highest BCUT2D eigenvalue weighted by atomic mass is 35.5. The Morgan fingerprint density at radius 2 is 1.83 bits per heavy atom. The predicted octanol–water partition coefficient (Wildman–Crippen LogP) is 4.28. The molecule has 0 radical (unpaired) electrons. The van der Waals surface area contributed by atoms with E-state index in [0.717, 1.165) is 9.79 Å². The van der Waals surface area contributed by atoms with Gasteiger partial charge in [-0.3, -0.25) is 0 Å². The average molecular weight is 279 g/mol. The van der Waals surface area contributed by atoms with Crippen LogP contribution in [0, 0.1) is 0 Å². The molecule has 92 valence electrons. The van der Waals surface area contributed by atoms with E-state index in [2.05, 4.69) is 4.74 Å². The van der Waals surface area contributed by atoms with E-state index < -0.39 is 0 Å². The Bertz CT molecular complexity index is 552. The molecular formula is C14H11ClO2S. The molecule has 0 N–H and O–H groups in total. The molecule has 4 heteroatoms. The number of esters is 1. The summed E-state index contributed by atoms with van der Waals surface area (Å²) in [5, 5.41) is 0.714. The quantitative estimate of drug-likeness (QED) is 0.784. The van der Waals surface area contributed by atoms with Gasteiger partial charge in [0.15, 0.2) is 0 Å². The zero-order chi connectivity index (χ0) is 13.0. The van der Waals surface area contributed by atoms with Crippen molar-refractivity contribution in [2.45, 2.75) is 9.79 Å². The summed E-state index contributed by atoms with van der Waals surface area (Å²) in [5.74, 6) is -0.325. The fourth-order valence-electron chi connectivity index (χ4n) is 1.44. The van der Waals surface area contributed by atoms with Crippen molar-refractivity contribution in [3.63, 3.8) is 0 Å². The first-order chi connectivity index (χ1) is 8.69. The summed E-state index contributed by atoms with van der Waals surface area (Å²) < 4.78 is 4.65. The Kier molecular flexibility index (Phi) is 4.28. The van der Waals surface area contributed by atoms with Crippen molar-refractivity contribution in [1.82, 2.24) is 0 Å². The van der Waals surface area contributed by atoms with Crippen molar-refractivity contribution >= 4 is 29.3 Å². The van der Waals surface area contributed by atoms with Crippen LogP contribution in [-0.4, -0.2) is 13.1 Å². The Hall–Kier alpha value is -1.45. The molecule has 2 aromatic rings. The zero-order valence-corrected chi connectivity index (χ0v) is 11.3. The number of carbonyl (C=O) groups is 1. The molecule has 0 aliphatic rings. The molecule has 0 aliphatic heterocycles. The van der Waals surface area contributed by atoms with Crippen LogP contribution in [0.3, 0.4) is 0 Å². The number of hydrogen-bond acceptors (Lipinski definition) is 3. The molecule has 0 heterocycles. The van der Waals surface area contributed by atoms with E-state index >= 15 is 0 Å². The topological polar surface area (TPSA) is 26.3 Å². The molecule has 18 heavy (non-hydrogen) atoms. The maximum Gasteiger partial charge on any atom is 0.337 e. The van der Waals surface area contributed by atoms with Gasteiger partial charge in [0.25, 0.3) is 0 Å². The number of benzene rings is 2. The van der Waals surface area contributed by atoms with Crippen LogP contribution < -0.4 is 0 Å². The van der Waals surface area contributed by atoms with Crippen LogP contribution >= 0.6 is 23.4 Å². The minimum absolute atomic E-state index is 0.325. The van der Waals surface area contributed by atoms with Crippen molar-refractivity contribution in [2.24, 2.45) is 0 Å². The standard InChI is InChI=1S/C14H11ClO2S/c1-17-14(16)10-5-7-12(8-6-10)18-13-4-2-3-11(15)9-13/h2-9H,1H3. The lowest BCUT2D eigenvalue weighted by atomic mass is 10.2. The third kappa shape index (κ3) is 3.28. The van der Waals surface area contributed by atoms with E-state index in [0.29, 0.717) is 10.6 Å². The van der Waals surface area contributed by atoms with Crippen LogP contribution in [0.2, 0.25) is 5.02 Å². The molecule has 0 amide bonds. The number of carbonyl (C=O) groups excluding carboxylic acids is 1. The number of ether oxygens (including phenoxy) is 1. The monoisotopic (exact) mass is 278 g/mol. The van der Waals surface area contributed by atoms with E-state index in [4.69, 9.17) is 11.6 Å². The normalized spacial score (nSPS) is 10.1. The van der Waals surface area contributed by atoms with Gasteiger partial charge in [0.05, 0.1) is 12.7 Å². The van der Waals surface area contributed by atoms with Crippen molar-refractivity contribution < 1.29 is 9.53 Å². The predicted molar refractivity (Wildman–Crippen MR) is 73.4 cm³/mol. The summed E-state index contributed by atoms with van der Waals surface area (Å²) in [7, 11) is 1.37. The summed E-state index contributed by atoms with van der Waals surface area (Å²) in [6.45, 7) is 0. The van der Waals surface area contributed by atoms with Gasteiger partial charge >= 0.3 is 5.97 Å². The summed E-state index contributed by atoms with van der Waals surface area (Å²) in [4.78, 5) is 13.4. The largest absolute Gasteiger partial charge is 0.465 e. The zero-order valence-electron chi connectivity index (χ0n) is 9.72. The number of methoxy groups -OCH3 is 1. The van der Waals surface area contributed by atoms with Gasteiger partial charge in [-0.05, 0) is 42.5 Å². The molecule has 0 spiro atoms. The van der Waals surface area contributed by atoms with Gasteiger partial charge in [0.1, 0.15) is 0 Å². The molecular weight excluding hydrogens is 268 g/mol. The molecule has 2 nitrogen and oxygen atoms in total. The highest BCUT2D eigenvalue weighted by Crippen LogP contribution is 2.29. The molecule has 0 bridgehead atoms. The van der Waals surface area contributed by atoms with E-state index in [1.54, 1.807) is 23.9 Å². The number of rotatable bonds is 3. The average Bonchev–Trinajstić information content (AvgIpc) is 2.39. The van der Waals surface area contributed by atoms with Gasteiger partial charge in [-0.1, -0.05) is 29.4 Å². The molecule has 2 rings (SSSR count). The first-order valence-corrected chi connectivity index (χ1v) is 6.50. The molecule has 2 aromatic carbocycles. The minimum Gasteiger partial charge on any atom is -0.465 e. The first-order valence-electron chi connectivity index (χ1n) is 5.31. The Morgan fingerprint density at radius 3 is 2.44 bits per heavy atom. The van der Waals surface area contributed by atoms with Gasteiger partial charge in [0, 0.05) is 14.8 Å². The van der Waals surface area contributed by atoms with E-state index in [1.165, 1.54) is 7.11 Å². The third-order valence-electron chi connectivity index (χ3n) is 2.31. The third-order valence-corrected chi connectivity index (χ3v) is 3.54. The maximum atomic E-state index is 11.3. The van der Waals surface area contributed by atoms with Crippen molar-refractivity contribution in [3.8, 4) is 0 Å². The van der Waals surface area contributed by atoms with Gasteiger partial charge in [-0.15, -0.1) is 0 Å². The second kappa shape index (κ2) is 5.94. The molecule has 0 aliphatic carbocycles. The van der Waals surface area contributed by atoms with Gasteiger partial charge in [-0.25, -0.2) is 4.79 Å². The number of halogens is 1. The Morgan fingerprint density at radius 1 is 1.11 bits per heavy atom. The summed E-state index contributed by atoms with van der Waals surface area (Å²) in [6.07, 6.45) is 0. The van der Waals surface area contributed by atoms with Crippen LogP contribution in [-0.2, 0) is 4.74 Å². The summed E-state index contributed by atoms with van der Waals surface area (Å²) in [5.41, 5.74) is 0.549. The van der Waals surface area contributed by atoms with Crippen LogP contribution in [0.15, 0.2) is 58.3 Å². The van der Waals surface area contributed by atoms with Gasteiger partial charge in [0.2, 0.25) is 0 Å². The molecule has 0 aromatic heterocycles. The van der Waals surface area contributed by atoms with E-state index in [-0.39, 0.29) is 5.97 Å².